The minimum atomic E-state index is -0.646. The predicted octanol–water partition coefficient (Wildman–Crippen LogP) is -0.925. The SMILES string of the molecule is CC(=O)NCC(=O)N[C@@H]1CCCC[C@@H](N2CCN(C(C)=O)CC2)[C@@H]1O. The number of hydrogen-bond acceptors (Lipinski definition) is 5. The van der Waals surface area contributed by atoms with E-state index in [1.807, 2.05) is 4.90 Å². The van der Waals surface area contributed by atoms with Crippen LogP contribution in [0.4, 0.5) is 0 Å². The van der Waals surface area contributed by atoms with Crippen molar-refractivity contribution in [2.45, 2.75) is 57.7 Å². The lowest BCUT2D eigenvalue weighted by atomic mass is 9.99. The van der Waals surface area contributed by atoms with Crippen LogP contribution >= 0.6 is 0 Å². The monoisotopic (exact) mass is 354 g/mol. The van der Waals surface area contributed by atoms with E-state index in [0.29, 0.717) is 13.1 Å². The molecule has 8 nitrogen and oxygen atoms in total. The van der Waals surface area contributed by atoms with Gasteiger partial charge in [0.1, 0.15) is 0 Å². The van der Waals surface area contributed by atoms with Crippen molar-refractivity contribution in [2.75, 3.05) is 32.7 Å². The van der Waals surface area contributed by atoms with Crippen molar-refractivity contribution in [3.05, 3.63) is 0 Å². The second kappa shape index (κ2) is 9.15. The summed E-state index contributed by atoms with van der Waals surface area (Å²) in [4.78, 5) is 38.4. The van der Waals surface area contributed by atoms with Crippen LogP contribution in [0.5, 0.6) is 0 Å². The molecule has 8 heteroatoms. The molecule has 0 unspecified atom stereocenters. The maximum absolute atomic E-state index is 12.0. The number of nitrogens with one attached hydrogen (secondary N) is 2. The molecule has 0 spiro atoms. The van der Waals surface area contributed by atoms with Crippen LogP contribution in [0.1, 0.15) is 39.5 Å². The van der Waals surface area contributed by atoms with Crippen molar-refractivity contribution >= 4 is 17.7 Å². The van der Waals surface area contributed by atoms with E-state index in [-0.39, 0.29) is 36.3 Å². The molecule has 142 valence electrons. The lowest BCUT2D eigenvalue weighted by Crippen LogP contribution is -2.58. The van der Waals surface area contributed by atoms with Gasteiger partial charge in [-0.05, 0) is 12.8 Å². The first-order valence-electron chi connectivity index (χ1n) is 9.10. The summed E-state index contributed by atoms with van der Waals surface area (Å²) < 4.78 is 0. The summed E-state index contributed by atoms with van der Waals surface area (Å²) in [6, 6.07) is -0.317. The van der Waals surface area contributed by atoms with Gasteiger partial charge in [-0.25, -0.2) is 0 Å². The van der Waals surface area contributed by atoms with Crippen molar-refractivity contribution in [1.82, 2.24) is 20.4 Å². The Morgan fingerprint density at radius 1 is 1.04 bits per heavy atom. The fraction of sp³-hybridized carbons (Fsp3) is 0.824. The van der Waals surface area contributed by atoms with E-state index >= 15 is 0 Å². The summed E-state index contributed by atoms with van der Waals surface area (Å²) in [5.41, 5.74) is 0. The molecule has 2 fully saturated rings. The van der Waals surface area contributed by atoms with Crippen LogP contribution in [-0.4, -0.2) is 83.5 Å². The highest BCUT2D eigenvalue weighted by Crippen LogP contribution is 2.24. The zero-order valence-electron chi connectivity index (χ0n) is 15.2. The van der Waals surface area contributed by atoms with Gasteiger partial charge >= 0.3 is 0 Å². The highest BCUT2D eigenvalue weighted by molar-refractivity contribution is 5.83. The van der Waals surface area contributed by atoms with Gasteiger partial charge < -0.3 is 20.6 Å². The van der Waals surface area contributed by atoms with Crippen LogP contribution in [0, 0.1) is 0 Å². The average molecular weight is 354 g/mol. The summed E-state index contributed by atoms with van der Waals surface area (Å²) in [6.07, 6.45) is 2.93. The molecule has 0 aromatic rings. The first-order chi connectivity index (χ1) is 11.9. The number of hydrogen-bond donors (Lipinski definition) is 3. The normalized spacial score (nSPS) is 28.1. The van der Waals surface area contributed by atoms with E-state index in [0.717, 1.165) is 38.8 Å². The largest absolute Gasteiger partial charge is 0.389 e. The fourth-order valence-electron chi connectivity index (χ4n) is 3.71. The first kappa shape index (κ1) is 19.7. The molecule has 2 aliphatic rings. The van der Waals surface area contributed by atoms with Crippen molar-refractivity contribution in [2.24, 2.45) is 0 Å². The topological polar surface area (TPSA) is 102 Å². The summed E-state index contributed by atoms with van der Waals surface area (Å²) in [5, 5.41) is 16.2. The Labute approximate surface area is 148 Å². The van der Waals surface area contributed by atoms with Gasteiger partial charge in [-0.3, -0.25) is 19.3 Å². The van der Waals surface area contributed by atoms with Gasteiger partial charge in [-0.1, -0.05) is 12.8 Å². The molecule has 3 N–H and O–H groups in total. The molecule has 3 atom stereocenters. The lowest BCUT2D eigenvalue weighted by Gasteiger charge is -2.41. The standard InChI is InChI=1S/C17H30N4O4/c1-12(22)18-11-16(24)19-14-5-3-4-6-15(17(14)25)21-9-7-20(8-10-21)13(2)23/h14-15,17,25H,3-11H2,1-2H3,(H,18,22)(H,19,24)/t14-,15-,17-/m1/s1. The quantitative estimate of drug-likeness (QED) is 0.567. The Hall–Kier alpha value is -1.67. The zero-order valence-corrected chi connectivity index (χ0v) is 15.2. The summed E-state index contributed by atoms with van der Waals surface area (Å²) >= 11 is 0. The molecule has 0 aromatic heterocycles. The predicted molar refractivity (Wildman–Crippen MR) is 92.7 cm³/mol. The van der Waals surface area contributed by atoms with Crippen molar-refractivity contribution in [3.8, 4) is 0 Å². The van der Waals surface area contributed by atoms with Gasteiger partial charge in [0.05, 0.1) is 18.7 Å². The number of carbonyl (C=O) groups excluding carboxylic acids is 3. The molecule has 3 amide bonds. The molecule has 2 rings (SSSR count). The van der Waals surface area contributed by atoms with E-state index < -0.39 is 6.10 Å². The summed E-state index contributed by atoms with van der Waals surface area (Å²) in [5.74, 6) is -0.441. The Bertz CT molecular complexity index is 491. The number of amides is 3. The molecule has 25 heavy (non-hydrogen) atoms. The Morgan fingerprint density at radius 2 is 1.68 bits per heavy atom. The number of piperazine rings is 1. The van der Waals surface area contributed by atoms with Crippen molar-refractivity contribution in [3.63, 3.8) is 0 Å². The van der Waals surface area contributed by atoms with Crippen LogP contribution in [-0.2, 0) is 14.4 Å². The smallest absolute Gasteiger partial charge is 0.239 e. The minimum absolute atomic E-state index is 0.0114. The maximum Gasteiger partial charge on any atom is 0.239 e. The van der Waals surface area contributed by atoms with E-state index in [1.54, 1.807) is 6.92 Å². The molecule has 0 aromatic carbocycles. The number of nitrogens with zero attached hydrogens (tertiary/aromatic N) is 2. The van der Waals surface area contributed by atoms with Crippen molar-refractivity contribution < 1.29 is 19.5 Å². The molecule has 1 aliphatic carbocycles. The van der Waals surface area contributed by atoms with Gasteiger partial charge in [-0.15, -0.1) is 0 Å². The third kappa shape index (κ3) is 5.67. The second-order valence-corrected chi connectivity index (χ2v) is 6.97. The number of aliphatic hydroxyl groups is 1. The molecule has 1 saturated carbocycles. The van der Waals surface area contributed by atoms with E-state index in [9.17, 15) is 19.5 Å². The molecular formula is C17H30N4O4. The van der Waals surface area contributed by atoms with Gasteiger partial charge in [-0.2, -0.15) is 0 Å². The van der Waals surface area contributed by atoms with E-state index in [1.165, 1.54) is 6.92 Å². The number of rotatable bonds is 4. The van der Waals surface area contributed by atoms with Gasteiger partial charge in [0, 0.05) is 46.1 Å². The fourth-order valence-corrected chi connectivity index (χ4v) is 3.71. The van der Waals surface area contributed by atoms with Crippen LogP contribution in [0.2, 0.25) is 0 Å². The van der Waals surface area contributed by atoms with Crippen LogP contribution < -0.4 is 10.6 Å². The minimum Gasteiger partial charge on any atom is -0.389 e. The molecule has 0 radical (unpaired) electrons. The Balaban J connectivity index is 1.92. The van der Waals surface area contributed by atoms with Crippen molar-refractivity contribution in [1.29, 1.82) is 0 Å². The zero-order chi connectivity index (χ0) is 18.4. The maximum atomic E-state index is 12.0. The molecule has 0 bridgehead atoms. The van der Waals surface area contributed by atoms with Gasteiger partial charge in [0.15, 0.2) is 0 Å². The second-order valence-electron chi connectivity index (χ2n) is 6.97. The lowest BCUT2D eigenvalue weighted by molar-refractivity contribution is -0.131. The highest BCUT2D eigenvalue weighted by Gasteiger charge is 2.36. The van der Waals surface area contributed by atoms with Gasteiger partial charge in [0.2, 0.25) is 17.7 Å². The molecule has 1 heterocycles. The van der Waals surface area contributed by atoms with E-state index in [2.05, 4.69) is 15.5 Å². The van der Waals surface area contributed by atoms with Crippen LogP contribution in [0.15, 0.2) is 0 Å². The Kier molecular flexibility index (Phi) is 7.19. The van der Waals surface area contributed by atoms with E-state index in [4.69, 9.17) is 0 Å². The number of carbonyl (C=O) groups is 3. The average Bonchev–Trinajstić information content (AvgIpc) is 2.75. The van der Waals surface area contributed by atoms with Gasteiger partial charge in [0.25, 0.3) is 0 Å². The number of aliphatic hydroxyl groups excluding tert-OH is 1. The Morgan fingerprint density at radius 3 is 2.28 bits per heavy atom. The molecule has 1 saturated heterocycles. The third-order valence-corrected chi connectivity index (χ3v) is 5.14. The summed E-state index contributed by atoms with van der Waals surface area (Å²) in [7, 11) is 0. The molecule has 1 aliphatic heterocycles. The summed E-state index contributed by atoms with van der Waals surface area (Å²) in [6.45, 7) is 5.72. The van der Waals surface area contributed by atoms with Crippen LogP contribution in [0.25, 0.3) is 0 Å². The molecular weight excluding hydrogens is 324 g/mol. The third-order valence-electron chi connectivity index (χ3n) is 5.14. The van der Waals surface area contributed by atoms with Crippen LogP contribution in [0.3, 0.4) is 0 Å². The highest BCUT2D eigenvalue weighted by atomic mass is 16.3. The first-order valence-corrected chi connectivity index (χ1v) is 9.10.